The van der Waals surface area contributed by atoms with Crippen molar-refractivity contribution in [1.82, 2.24) is 9.55 Å². The highest BCUT2D eigenvalue weighted by atomic mass is 16.5. The fraction of sp³-hybridized carbons (Fsp3) is 0.240. The van der Waals surface area contributed by atoms with E-state index in [0.29, 0.717) is 36.7 Å². The first kappa shape index (κ1) is 20.4. The van der Waals surface area contributed by atoms with Gasteiger partial charge in [0.05, 0.1) is 48.2 Å². The summed E-state index contributed by atoms with van der Waals surface area (Å²) in [5, 5.41) is 10.9. The first-order chi connectivity index (χ1) is 15.2. The SMILES string of the molecule is CCOc1nc2c(n1Cc1ccc(-c3ccccc3C#N)cc1)=C(C(=O)OC)CCC=2. The molecule has 0 unspecified atom stereocenters. The van der Waals surface area contributed by atoms with E-state index >= 15 is 0 Å². The Morgan fingerprint density at radius 3 is 2.68 bits per heavy atom. The molecule has 1 aliphatic rings. The van der Waals surface area contributed by atoms with Crippen LogP contribution in [0, 0.1) is 11.3 Å². The molecule has 156 valence electrons. The van der Waals surface area contributed by atoms with Gasteiger partial charge in [-0.3, -0.25) is 4.57 Å². The second-order valence-corrected chi connectivity index (χ2v) is 7.21. The third kappa shape index (κ3) is 3.95. The average Bonchev–Trinajstić information content (AvgIpc) is 3.16. The van der Waals surface area contributed by atoms with Gasteiger partial charge < -0.3 is 9.47 Å². The molecule has 0 saturated heterocycles. The van der Waals surface area contributed by atoms with Gasteiger partial charge in [-0.25, -0.2) is 4.79 Å². The Kier molecular flexibility index (Phi) is 5.85. The summed E-state index contributed by atoms with van der Waals surface area (Å²) in [4.78, 5) is 17.0. The van der Waals surface area contributed by atoms with Crippen molar-refractivity contribution >= 4 is 17.6 Å². The molecule has 4 rings (SSSR count). The first-order valence-electron chi connectivity index (χ1n) is 10.3. The van der Waals surface area contributed by atoms with Crippen molar-refractivity contribution in [3.05, 3.63) is 70.4 Å². The Labute approximate surface area is 180 Å². The first-order valence-corrected chi connectivity index (χ1v) is 10.3. The van der Waals surface area contributed by atoms with Crippen molar-refractivity contribution in [2.45, 2.75) is 26.3 Å². The molecule has 3 aromatic rings. The van der Waals surface area contributed by atoms with Crippen LogP contribution in [0.3, 0.4) is 0 Å². The summed E-state index contributed by atoms with van der Waals surface area (Å²) in [7, 11) is 1.40. The predicted octanol–water partition coefficient (Wildman–Crippen LogP) is 2.77. The molecule has 0 N–H and O–H groups in total. The molecule has 2 aromatic carbocycles. The van der Waals surface area contributed by atoms with Gasteiger partial charge in [-0.15, -0.1) is 0 Å². The van der Waals surface area contributed by atoms with E-state index in [0.717, 1.165) is 33.8 Å². The van der Waals surface area contributed by atoms with Crippen molar-refractivity contribution in [1.29, 1.82) is 5.26 Å². The predicted molar refractivity (Wildman–Crippen MR) is 117 cm³/mol. The third-order valence-corrected chi connectivity index (χ3v) is 5.34. The maximum atomic E-state index is 12.4. The van der Waals surface area contributed by atoms with Gasteiger partial charge in [0.2, 0.25) is 0 Å². The molecule has 0 saturated carbocycles. The molecular formula is C25H23N3O3. The smallest absolute Gasteiger partial charge is 0.335 e. The number of nitrogens with zero attached hydrogens (tertiary/aromatic N) is 3. The van der Waals surface area contributed by atoms with E-state index in [4.69, 9.17) is 9.47 Å². The number of hydrogen-bond donors (Lipinski definition) is 0. The number of esters is 1. The molecule has 0 atom stereocenters. The molecule has 0 radical (unpaired) electrons. The van der Waals surface area contributed by atoms with Gasteiger partial charge in [0, 0.05) is 0 Å². The van der Waals surface area contributed by atoms with Crippen LogP contribution in [-0.2, 0) is 16.1 Å². The Balaban J connectivity index is 1.76. The third-order valence-electron chi connectivity index (χ3n) is 5.34. The van der Waals surface area contributed by atoms with Crippen molar-refractivity contribution in [3.63, 3.8) is 0 Å². The number of fused-ring (bicyclic) bond motifs is 1. The minimum atomic E-state index is -0.331. The number of ether oxygens (including phenoxy) is 2. The standard InChI is InChI=1S/C25H23N3O3/c1-3-31-25-27-22-10-6-9-21(24(29)30-2)23(22)28(25)16-17-11-13-18(14-12-17)20-8-5-4-7-19(20)15-26/h4-5,7-8,10-14H,3,6,9,16H2,1-2H3. The van der Waals surface area contributed by atoms with Gasteiger partial charge in [-0.05, 0) is 42.5 Å². The molecule has 0 amide bonds. The van der Waals surface area contributed by atoms with Crippen molar-refractivity contribution in [2.75, 3.05) is 13.7 Å². The van der Waals surface area contributed by atoms with Crippen LogP contribution in [0.4, 0.5) is 0 Å². The lowest BCUT2D eigenvalue weighted by Crippen LogP contribution is -2.37. The number of benzene rings is 2. The maximum absolute atomic E-state index is 12.4. The Bertz CT molecular complexity index is 1280. The normalized spacial score (nSPS) is 12.5. The second-order valence-electron chi connectivity index (χ2n) is 7.21. The van der Waals surface area contributed by atoms with Gasteiger partial charge in [-0.1, -0.05) is 48.5 Å². The van der Waals surface area contributed by atoms with E-state index in [-0.39, 0.29) is 5.97 Å². The minimum Gasteiger partial charge on any atom is -0.466 e. The topological polar surface area (TPSA) is 77.1 Å². The molecule has 6 heteroatoms. The highest BCUT2D eigenvalue weighted by Gasteiger charge is 2.20. The van der Waals surface area contributed by atoms with Crippen LogP contribution in [0.2, 0.25) is 0 Å². The van der Waals surface area contributed by atoms with Gasteiger partial charge in [0.1, 0.15) is 0 Å². The number of nitriles is 1. The van der Waals surface area contributed by atoms with E-state index in [1.54, 1.807) is 0 Å². The summed E-state index contributed by atoms with van der Waals surface area (Å²) in [5.74, 6) is -0.331. The fourth-order valence-electron chi connectivity index (χ4n) is 3.89. The molecule has 0 spiro atoms. The zero-order chi connectivity index (χ0) is 21.8. The van der Waals surface area contributed by atoms with E-state index in [1.807, 2.05) is 66.1 Å². The van der Waals surface area contributed by atoms with Crippen LogP contribution in [0.1, 0.15) is 30.9 Å². The highest BCUT2D eigenvalue weighted by Crippen LogP contribution is 2.24. The number of rotatable bonds is 6. The van der Waals surface area contributed by atoms with Crippen LogP contribution >= 0.6 is 0 Å². The van der Waals surface area contributed by atoms with Crippen molar-refractivity contribution in [2.24, 2.45) is 0 Å². The van der Waals surface area contributed by atoms with Crippen LogP contribution < -0.4 is 15.4 Å². The van der Waals surface area contributed by atoms with Crippen molar-refractivity contribution in [3.8, 4) is 23.2 Å². The average molecular weight is 413 g/mol. The van der Waals surface area contributed by atoms with E-state index in [1.165, 1.54) is 7.11 Å². The zero-order valence-corrected chi connectivity index (χ0v) is 17.6. The molecule has 1 aliphatic carbocycles. The molecule has 31 heavy (non-hydrogen) atoms. The lowest BCUT2D eigenvalue weighted by atomic mass is 9.99. The fourth-order valence-corrected chi connectivity index (χ4v) is 3.89. The van der Waals surface area contributed by atoms with Gasteiger partial charge in [0.15, 0.2) is 0 Å². The molecule has 1 aromatic heterocycles. The van der Waals surface area contributed by atoms with Gasteiger partial charge in [0.25, 0.3) is 6.01 Å². The minimum absolute atomic E-state index is 0.331. The second kappa shape index (κ2) is 8.88. The Hall–Kier alpha value is -3.85. The Morgan fingerprint density at radius 2 is 1.97 bits per heavy atom. The van der Waals surface area contributed by atoms with E-state index < -0.39 is 0 Å². The number of aromatic nitrogens is 2. The lowest BCUT2D eigenvalue weighted by Gasteiger charge is -2.12. The maximum Gasteiger partial charge on any atom is 0.335 e. The molecule has 6 nitrogen and oxygen atoms in total. The summed E-state index contributed by atoms with van der Waals surface area (Å²) in [5.41, 5.74) is 4.19. The molecule has 0 aliphatic heterocycles. The van der Waals surface area contributed by atoms with Crippen LogP contribution in [0.5, 0.6) is 6.01 Å². The summed E-state index contributed by atoms with van der Waals surface area (Å²) in [6.07, 6.45) is 3.39. The summed E-state index contributed by atoms with van der Waals surface area (Å²) < 4.78 is 12.7. The van der Waals surface area contributed by atoms with Crippen LogP contribution in [0.25, 0.3) is 22.8 Å². The number of carbonyl (C=O) groups is 1. The molecular weight excluding hydrogens is 390 g/mol. The number of imidazole rings is 1. The number of methoxy groups -OCH3 is 1. The largest absolute Gasteiger partial charge is 0.466 e. The lowest BCUT2D eigenvalue weighted by molar-refractivity contribution is -0.134. The zero-order valence-electron chi connectivity index (χ0n) is 17.6. The number of hydrogen-bond acceptors (Lipinski definition) is 5. The number of carbonyl (C=O) groups excluding carboxylic acids is 1. The molecule has 0 bridgehead atoms. The summed E-state index contributed by atoms with van der Waals surface area (Å²) >= 11 is 0. The van der Waals surface area contributed by atoms with Gasteiger partial charge in [-0.2, -0.15) is 10.2 Å². The summed E-state index contributed by atoms with van der Waals surface area (Å²) in [6.45, 7) is 2.90. The van der Waals surface area contributed by atoms with Gasteiger partial charge >= 0.3 is 5.97 Å². The monoisotopic (exact) mass is 413 g/mol. The highest BCUT2D eigenvalue weighted by molar-refractivity contribution is 6.09. The summed E-state index contributed by atoms with van der Waals surface area (Å²) in [6, 6.07) is 18.3. The Morgan fingerprint density at radius 1 is 1.19 bits per heavy atom. The van der Waals surface area contributed by atoms with Crippen LogP contribution in [-0.4, -0.2) is 29.2 Å². The molecule has 0 fully saturated rings. The van der Waals surface area contributed by atoms with Crippen molar-refractivity contribution < 1.29 is 14.3 Å². The van der Waals surface area contributed by atoms with Crippen LogP contribution in [0.15, 0.2) is 48.5 Å². The molecule has 1 heterocycles. The quantitative estimate of drug-likeness (QED) is 0.581. The van der Waals surface area contributed by atoms with E-state index in [2.05, 4.69) is 11.1 Å². The van der Waals surface area contributed by atoms with E-state index in [9.17, 15) is 10.1 Å².